The third-order valence-electron chi connectivity index (χ3n) is 6.76. The van der Waals surface area contributed by atoms with Gasteiger partial charge in [-0.15, -0.1) is 4.68 Å². The van der Waals surface area contributed by atoms with Gasteiger partial charge in [-0.1, -0.05) is 24.3 Å². The number of ether oxygens (including phenoxy) is 3. The zero-order valence-electron chi connectivity index (χ0n) is 24.9. The number of anilines is 1. The number of aromatic nitrogens is 3. The average Bonchev–Trinajstić information content (AvgIpc) is 3.35. The van der Waals surface area contributed by atoms with Crippen molar-refractivity contribution in [3.8, 4) is 22.6 Å². The maximum absolute atomic E-state index is 13.8. The van der Waals surface area contributed by atoms with Crippen LogP contribution in [0.25, 0.3) is 22.0 Å². The summed E-state index contributed by atoms with van der Waals surface area (Å²) < 4.78 is 58.1. The Morgan fingerprint density at radius 2 is 1.58 bits per heavy atom. The van der Waals surface area contributed by atoms with Crippen LogP contribution in [-0.2, 0) is 21.4 Å². The van der Waals surface area contributed by atoms with Crippen LogP contribution in [0.3, 0.4) is 0 Å². The van der Waals surface area contributed by atoms with E-state index >= 15 is 0 Å². The zero-order chi connectivity index (χ0) is 31.7. The SMILES string of the molecule is COc1cc2cc(-c3ccccc3CC(=O)Nc3cc(C(C)(C)C(F)(F)F)nn3C(=O)OC(C)(C)C)cnc2cc1OC. The van der Waals surface area contributed by atoms with Gasteiger partial charge in [-0.05, 0) is 57.9 Å². The number of methoxy groups -OCH3 is 2. The van der Waals surface area contributed by atoms with Gasteiger partial charge in [-0.3, -0.25) is 9.78 Å². The zero-order valence-corrected chi connectivity index (χ0v) is 24.9. The summed E-state index contributed by atoms with van der Waals surface area (Å²) in [5, 5.41) is 7.23. The van der Waals surface area contributed by atoms with Gasteiger partial charge in [0, 0.05) is 29.3 Å². The number of rotatable bonds is 7. The van der Waals surface area contributed by atoms with E-state index in [4.69, 9.17) is 14.2 Å². The fraction of sp³-hybridized carbons (Fsp3) is 0.355. The highest BCUT2D eigenvalue weighted by molar-refractivity contribution is 5.95. The number of fused-ring (bicyclic) bond motifs is 1. The summed E-state index contributed by atoms with van der Waals surface area (Å²) in [6, 6.07) is 13.7. The van der Waals surface area contributed by atoms with Gasteiger partial charge in [0.2, 0.25) is 5.91 Å². The van der Waals surface area contributed by atoms with E-state index in [2.05, 4.69) is 15.4 Å². The van der Waals surface area contributed by atoms with E-state index in [1.807, 2.05) is 18.2 Å². The fourth-order valence-electron chi connectivity index (χ4n) is 4.28. The Kier molecular flexibility index (Phi) is 8.44. The Hall–Kier alpha value is -4.61. The number of benzene rings is 2. The van der Waals surface area contributed by atoms with Crippen LogP contribution in [-0.4, -0.2) is 52.8 Å². The lowest BCUT2D eigenvalue weighted by Gasteiger charge is -2.25. The number of amides is 1. The Balaban J connectivity index is 1.66. The first-order chi connectivity index (χ1) is 20.0. The smallest absolute Gasteiger partial charge is 0.437 e. The molecule has 2 aromatic heterocycles. The van der Waals surface area contributed by atoms with E-state index in [9.17, 15) is 22.8 Å². The molecular formula is C31H33F3N4O5. The number of pyridine rings is 1. The Labute approximate surface area is 247 Å². The molecule has 4 rings (SSSR count). The largest absolute Gasteiger partial charge is 0.493 e. The minimum atomic E-state index is -4.66. The number of nitrogens with one attached hydrogen (secondary N) is 1. The molecule has 12 heteroatoms. The highest BCUT2D eigenvalue weighted by Gasteiger charge is 2.50. The molecule has 0 aliphatic rings. The molecule has 0 fully saturated rings. The van der Waals surface area contributed by atoms with Crippen molar-refractivity contribution in [3.63, 3.8) is 0 Å². The van der Waals surface area contributed by atoms with Crippen LogP contribution >= 0.6 is 0 Å². The number of hydrogen-bond donors (Lipinski definition) is 1. The summed E-state index contributed by atoms with van der Waals surface area (Å²) in [5.74, 6) is 0.266. The first-order valence-electron chi connectivity index (χ1n) is 13.3. The average molecular weight is 599 g/mol. The van der Waals surface area contributed by atoms with E-state index in [-0.39, 0.29) is 12.2 Å². The molecule has 9 nitrogen and oxygen atoms in total. The number of hydrogen-bond acceptors (Lipinski definition) is 7. The first-order valence-corrected chi connectivity index (χ1v) is 13.3. The summed E-state index contributed by atoms with van der Waals surface area (Å²) in [6.45, 7) is 6.72. The maximum atomic E-state index is 13.8. The van der Waals surface area contributed by atoms with Crippen LogP contribution in [0.1, 0.15) is 45.9 Å². The summed E-state index contributed by atoms with van der Waals surface area (Å²) in [7, 11) is 3.08. The second-order valence-corrected chi connectivity index (χ2v) is 11.4. The topological polar surface area (TPSA) is 105 Å². The van der Waals surface area contributed by atoms with Gasteiger partial charge in [0.1, 0.15) is 16.8 Å². The minimum Gasteiger partial charge on any atom is -0.493 e. The van der Waals surface area contributed by atoms with Gasteiger partial charge in [-0.2, -0.15) is 18.3 Å². The van der Waals surface area contributed by atoms with Crippen LogP contribution in [0.5, 0.6) is 11.5 Å². The van der Waals surface area contributed by atoms with Crippen LogP contribution in [0.15, 0.2) is 54.7 Å². The molecule has 2 heterocycles. The molecule has 0 radical (unpaired) electrons. The van der Waals surface area contributed by atoms with E-state index in [1.165, 1.54) is 14.2 Å². The van der Waals surface area contributed by atoms with Crippen molar-refractivity contribution in [1.29, 1.82) is 0 Å². The molecule has 0 bridgehead atoms. The van der Waals surface area contributed by atoms with Crippen LogP contribution in [0, 0.1) is 0 Å². The highest BCUT2D eigenvalue weighted by atomic mass is 19.4. The van der Waals surface area contributed by atoms with Crippen LogP contribution in [0.4, 0.5) is 23.8 Å². The summed E-state index contributed by atoms with van der Waals surface area (Å²) in [6.07, 6.45) is -4.17. The van der Waals surface area contributed by atoms with Crippen molar-refractivity contribution in [2.45, 2.75) is 58.2 Å². The van der Waals surface area contributed by atoms with Gasteiger partial charge in [-0.25, -0.2) is 4.79 Å². The first kappa shape index (κ1) is 31.3. The van der Waals surface area contributed by atoms with Crippen molar-refractivity contribution < 1.29 is 37.0 Å². The minimum absolute atomic E-state index is 0.155. The third kappa shape index (κ3) is 6.73. The molecule has 0 spiro atoms. The molecule has 0 saturated carbocycles. The van der Waals surface area contributed by atoms with Gasteiger partial charge >= 0.3 is 12.3 Å². The lowest BCUT2D eigenvalue weighted by atomic mass is 9.89. The molecule has 228 valence electrons. The van der Waals surface area contributed by atoms with Gasteiger partial charge in [0.25, 0.3) is 0 Å². The molecule has 4 aromatic rings. The molecule has 43 heavy (non-hydrogen) atoms. The van der Waals surface area contributed by atoms with E-state index in [0.29, 0.717) is 27.3 Å². The van der Waals surface area contributed by atoms with Gasteiger partial charge in [0.05, 0.1) is 31.9 Å². The second-order valence-electron chi connectivity index (χ2n) is 11.4. The van der Waals surface area contributed by atoms with Crippen molar-refractivity contribution in [3.05, 3.63) is 66.0 Å². The Morgan fingerprint density at radius 1 is 0.930 bits per heavy atom. The molecule has 1 amide bonds. The molecule has 0 atom stereocenters. The van der Waals surface area contributed by atoms with Crippen LogP contribution in [0.2, 0.25) is 0 Å². The Bertz CT molecular complexity index is 1670. The number of carbonyl (C=O) groups is 2. The Morgan fingerprint density at radius 3 is 2.21 bits per heavy atom. The lowest BCUT2D eigenvalue weighted by Crippen LogP contribution is -2.37. The molecule has 1 N–H and O–H groups in total. The molecule has 2 aromatic carbocycles. The van der Waals surface area contributed by atoms with Crippen molar-refractivity contribution in [1.82, 2.24) is 14.8 Å². The normalized spacial score (nSPS) is 12.2. The van der Waals surface area contributed by atoms with Gasteiger partial charge < -0.3 is 19.5 Å². The summed E-state index contributed by atoms with van der Waals surface area (Å²) in [5.41, 5.74) is -1.03. The van der Waals surface area contributed by atoms with Crippen molar-refractivity contribution >= 4 is 28.7 Å². The lowest BCUT2D eigenvalue weighted by molar-refractivity contribution is -0.181. The molecule has 0 unspecified atom stereocenters. The number of halogens is 3. The summed E-state index contributed by atoms with van der Waals surface area (Å²) >= 11 is 0. The van der Waals surface area contributed by atoms with Crippen molar-refractivity contribution in [2.24, 2.45) is 0 Å². The second kappa shape index (κ2) is 11.6. The fourth-order valence-corrected chi connectivity index (χ4v) is 4.28. The van der Waals surface area contributed by atoms with Crippen LogP contribution < -0.4 is 14.8 Å². The van der Waals surface area contributed by atoms with Gasteiger partial charge in [0.15, 0.2) is 11.5 Å². The predicted molar refractivity (Wildman–Crippen MR) is 156 cm³/mol. The van der Waals surface area contributed by atoms with E-state index in [1.54, 1.807) is 51.2 Å². The summed E-state index contributed by atoms with van der Waals surface area (Å²) in [4.78, 5) is 30.7. The number of nitrogens with zero attached hydrogens (tertiary/aromatic N) is 3. The predicted octanol–water partition coefficient (Wildman–Crippen LogP) is 6.92. The molecule has 0 aliphatic carbocycles. The van der Waals surface area contributed by atoms with E-state index in [0.717, 1.165) is 36.4 Å². The monoisotopic (exact) mass is 598 g/mol. The molecular weight excluding hydrogens is 565 g/mol. The number of alkyl halides is 3. The molecule has 0 saturated heterocycles. The highest BCUT2D eigenvalue weighted by Crippen LogP contribution is 2.40. The maximum Gasteiger partial charge on any atom is 0.437 e. The standard InChI is InChI=1S/C31H33F3N4O5/c1-29(2,3)43-28(40)38-26(16-25(37-38)30(4,5)31(32,33)34)36-27(39)14-18-10-8-9-11-21(18)20-12-19-13-23(41-6)24(42-7)15-22(19)35-17-20/h8-13,15-17H,14H2,1-7H3,(H,36,39). The third-order valence-corrected chi connectivity index (χ3v) is 6.76. The molecule has 0 aliphatic heterocycles. The van der Waals surface area contributed by atoms with Crippen molar-refractivity contribution in [2.75, 3.05) is 19.5 Å². The number of carbonyl (C=O) groups excluding carboxylic acids is 2. The van der Waals surface area contributed by atoms with E-state index < -0.39 is 34.9 Å². The quantitative estimate of drug-likeness (QED) is 0.246.